The number of para-hydroxylation sites is 1. The van der Waals surface area contributed by atoms with Gasteiger partial charge in [-0.3, -0.25) is 0 Å². The Morgan fingerprint density at radius 2 is 1.79 bits per heavy atom. The maximum Gasteiger partial charge on any atom is 0.180 e. The SMILES string of the molecule is CC(C)[NH+]1CCC2(CC1)NC(c1ccc(Cl)cc1)=CC(c1ccccc1O)[NH2+]2. The zero-order valence-electron chi connectivity index (χ0n) is 16.6. The number of hydrogen-bond donors (Lipinski definition) is 4. The van der Waals surface area contributed by atoms with Gasteiger partial charge in [0, 0.05) is 16.8 Å². The van der Waals surface area contributed by atoms with Crippen LogP contribution in [0, 0.1) is 0 Å². The van der Waals surface area contributed by atoms with Crippen molar-refractivity contribution in [1.29, 1.82) is 0 Å². The number of rotatable bonds is 3. The van der Waals surface area contributed by atoms with Crippen LogP contribution in [0.2, 0.25) is 5.02 Å². The fourth-order valence-corrected chi connectivity index (χ4v) is 4.68. The van der Waals surface area contributed by atoms with Gasteiger partial charge in [0.05, 0.1) is 37.5 Å². The van der Waals surface area contributed by atoms with Gasteiger partial charge in [-0.1, -0.05) is 35.9 Å². The number of phenols is 1. The number of halogens is 1. The molecule has 28 heavy (non-hydrogen) atoms. The van der Waals surface area contributed by atoms with Gasteiger partial charge >= 0.3 is 0 Å². The smallest absolute Gasteiger partial charge is 0.180 e. The summed E-state index contributed by atoms with van der Waals surface area (Å²) in [6.07, 6.45) is 4.41. The van der Waals surface area contributed by atoms with Gasteiger partial charge in [0.2, 0.25) is 0 Å². The molecule has 1 fully saturated rings. The van der Waals surface area contributed by atoms with E-state index < -0.39 is 0 Å². The molecule has 2 aromatic rings. The third kappa shape index (κ3) is 3.90. The predicted molar refractivity (Wildman–Crippen MR) is 113 cm³/mol. The molecule has 1 atom stereocenters. The van der Waals surface area contributed by atoms with Crippen LogP contribution in [-0.4, -0.2) is 29.9 Å². The molecule has 0 saturated carbocycles. The van der Waals surface area contributed by atoms with Crippen LogP contribution in [0.3, 0.4) is 0 Å². The number of nitrogens with two attached hydrogens (primary N) is 1. The van der Waals surface area contributed by atoms with E-state index in [1.165, 1.54) is 0 Å². The summed E-state index contributed by atoms with van der Waals surface area (Å²) in [4.78, 5) is 1.67. The molecule has 2 aliphatic rings. The van der Waals surface area contributed by atoms with E-state index in [1.54, 1.807) is 11.0 Å². The lowest BCUT2D eigenvalue weighted by Crippen LogP contribution is -3.19. The molecule has 0 aromatic heterocycles. The number of phenolic OH excluding ortho intramolecular Hbond substituents is 1. The summed E-state index contributed by atoms with van der Waals surface area (Å²) in [5, 5.41) is 17.5. The molecule has 4 rings (SSSR count). The average Bonchev–Trinajstić information content (AvgIpc) is 2.69. The Labute approximate surface area is 172 Å². The predicted octanol–water partition coefficient (Wildman–Crippen LogP) is 2.08. The highest BCUT2D eigenvalue weighted by Crippen LogP contribution is 2.30. The van der Waals surface area contributed by atoms with E-state index in [4.69, 9.17) is 11.6 Å². The molecular weight excluding hydrogens is 370 g/mol. The van der Waals surface area contributed by atoms with E-state index in [2.05, 4.69) is 42.7 Å². The van der Waals surface area contributed by atoms with Crippen molar-refractivity contribution >= 4 is 17.3 Å². The van der Waals surface area contributed by atoms with Crippen molar-refractivity contribution in [1.82, 2.24) is 5.32 Å². The summed E-state index contributed by atoms with van der Waals surface area (Å²) in [7, 11) is 0. The zero-order chi connectivity index (χ0) is 19.7. The van der Waals surface area contributed by atoms with Gasteiger partial charge in [-0.15, -0.1) is 0 Å². The highest BCUT2D eigenvalue weighted by molar-refractivity contribution is 6.30. The Bertz CT molecular complexity index is 854. The lowest BCUT2D eigenvalue weighted by molar-refractivity contribution is -0.938. The van der Waals surface area contributed by atoms with E-state index in [0.29, 0.717) is 11.8 Å². The molecular formula is C23H30ClN3O+2. The van der Waals surface area contributed by atoms with Crippen LogP contribution in [0.4, 0.5) is 0 Å². The number of benzene rings is 2. The second-order valence-electron chi connectivity index (χ2n) is 8.43. The van der Waals surface area contributed by atoms with Gasteiger partial charge < -0.3 is 20.6 Å². The lowest BCUT2D eigenvalue weighted by Gasteiger charge is -2.44. The van der Waals surface area contributed by atoms with Crippen LogP contribution in [0.15, 0.2) is 54.6 Å². The van der Waals surface area contributed by atoms with Crippen molar-refractivity contribution in [2.75, 3.05) is 13.1 Å². The van der Waals surface area contributed by atoms with Gasteiger partial charge in [-0.25, -0.2) is 0 Å². The molecule has 0 aliphatic carbocycles. The first-order chi connectivity index (χ1) is 13.5. The summed E-state index contributed by atoms with van der Waals surface area (Å²) < 4.78 is 0. The molecule has 5 heteroatoms. The summed E-state index contributed by atoms with van der Waals surface area (Å²) in [5.74, 6) is 0.359. The van der Waals surface area contributed by atoms with Crippen molar-refractivity contribution in [3.8, 4) is 5.75 Å². The number of piperidine rings is 1. The molecule has 148 valence electrons. The first-order valence-electron chi connectivity index (χ1n) is 10.2. The van der Waals surface area contributed by atoms with Gasteiger partial charge in [0.25, 0.3) is 0 Å². The highest BCUT2D eigenvalue weighted by Gasteiger charge is 2.45. The number of aromatic hydroxyl groups is 1. The third-order valence-corrected chi connectivity index (χ3v) is 6.53. The van der Waals surface area contributed by atoms with E-state index in [0.717, 1.165) is 47.8 Å². The van der Waals surface area contributed by atoms with Crippen molar-refractivity contribution < 1.29 is 15.3 Å². The fraction of sp³-hybridized carbons (Fsp3) is 0.391. The molecule has 4 nitrogen and oxygen atoms in total. The molecule has 0 amide bonds. The van der Waals surface area contributed by atoms with Crippen LogP contribution in [0.1, 0.15) is 43.9 Å². The lowest BCUT2D eigenvalue weighted by atomic mass is 9.89. The van der Waals surface area contributed by atoms with Crippen molar-refractivity contribution in [2.45, 2.75) is 44.4 Å². The number of hydrogen-bond acceptors (Lipinski definition) is 2. The summed E-state index contributed by atoms with van der Waals surface area (Å²) >= 11 is 6.10. The monoisotopic (exact) mass is 399 g/mol. The summed E-state index contributed by atoms with van der Waals surface area (Å²) in [6, 6.07) is 16.4. The minimum Gasteiger partial charge on any atom is -0.507 e. The summed E-state index contributed by atoms with van der Waals surface area (Å²) in [6.45, 7) is 6.91. The van der Waals surface area contributed by atoms with Gasteiger partial charge in [0.15, 0.2) is 5.66 Å². The Balaban J connectivity index is 1.69. The standard InChI is InChI=1S/C23H28ClN3O/c1-16(2)27-13-11-23(12-14-27)25-20(17-7-9-18(24)10-8-17)15-21(26-23)19-5-3-4-6-22(19)28/h3-10,15-16,21,25-26,28H,11-14H2,1-2H3/p+2. The Hall–Kier alpha value is -2.01. The first-order valence-corrected chi connectivity index (χ1v) is 10.6. The quantitative estimate of drug-likeness (QED) is 0.638. The van der Waals surface area contributed by atoms with Gasteiger partial charge in [0.1, 0.15) is 11.8 Å². The average molecular weight is 400 g/mol. The fourth-order valence-electron chi connectivity index (χ4n) is 4.56. The van der Waals surface area contributed by atoms with Crippen LogP contribution in [0.25, 0.3) is 5.70 Å². The molecule has 5 N–H and O–H groups in total. The molecule has 0 bridgehead atoms. The minimum absolute atomic E-state index is 0.0466. The molecule has 2 heterocycles. The second kappa shape index (κ2) is 7.78. The minimum atomic E-state index is -0.0466. The summed E-state index contributed by atoms with van der Waals surface area (Å²) in [5.41, 5.74) is 3.18. The third-order valence-electron chi connectivity index (χ3n) is 6.28. The molecule has 1 unspecified atom stereocenters. The van der Waals surface area contributed by atoms with Crippen LogP contribution >= 0.6 is 11.6 Å². The second-order valence-corrected chi connectivity index (χ2v) is 8.87. The van der Waals surface area contributed by atoms with Gasteiger partial charge in [-0.05, 0) is 43.7 Å². The maximum atomic E-state index is 10.5. The Morgan fingerprint density at radius 1 is 1.11 bits per heavy atom. The van der Waals surface area contributed by atoms with Crippen molar-refractivity contribution in [3.05, 3.63) is 70.8 Å². The normalized spacial score (nSPS) is 27.5. The number of quaternary nitrogens is 2. The number of nitrogens with one attached hydrogen (secondary N) is 2. The molecule has 1 spiro atoms. The Kier molecular flexibility index (Phi) is 5.37. The largest absolute Gasteiger partial charge is 0.507 e. The molecule has 2 aromatic carbocycles. The zero-order valence-corrected chi connectivity index (χ0v) is 17.3. The molecule has 0 radical (unpaired) electrons. The maximum absolute atomic E-state index is 10.5. The topological polar surface area (TPSA) is 53.3 Å². The molecule has 2 aliphatic heterocycles. The van der Waals surface area contributed by atoms with E-state index >= 15 is 0 Å². The van der Waals surface area contributed by atoms with E-state index in [1.807, 2.05) is 30.3 Å². The molecule has 1 saturated heterocycles. The first kappa shape index (κ1) is 19.3. The van der Waals surface area contributed by atoms with Crippen molar-refractivity contribution in [3.63, 3.8) is 0 Å². The van der Waals surface area contributed by atoms with E-state index in [9.17, 15) is 5.11 Å². The van der Waals surface area contributed by atoms with E-state index in [-0.39, 0.29) is 11.7 Å². The van der Waals surface area contributed by atoms with Crippen molar-refractivity contribution in [2.24, 2.45) is 0 Å². The van der Waals surface area contributed by atoms with Crippen LogP contribution in [0.5, 0.6) is 5.75 Å². The van der Waals surface area contributed by atoms with Crippen LogP contribution < -0.4 is 15.5 Å². The van der Waals surface area contributed by atoms with Gasteiger partial charge in [-0.2, -0.15) is 0 Å². The number of likely N-dealkylation sites (tertiary alicyclic amines) is 1. The Morgan fingerprint density at radius 3 is 2.43 bits per heavy atom. The van der Waals surface area contributed by atoms with Crippen LogP contribution in [-0.2, 0) is 0 Å². The highest BCUT2D eigenvalue weighted by atomic mass is 35.5.